The monoisotopic (exact) mass is 400 g/mol. The topological polar surface area (TPSA) is 108 Å². The summed E-state index contributed by atoms with van der Waals surface area (Å²) in [6.45, 7) is 1.64. The largest absolute Gasteiger partial charge is 0.352 e. The van der Waals surface area contributed by atoms with Gasteiger partial charge in [0.2, 0.25) is 11.9 Å². The molecular formula is C20H28N6O3. The average molecular weight is 400 g/mol. The van der Waals surface area contributed by atoms with Crippen molar-refractivity contribution in [3.63, 3.8) is 0 Å². The first-order valence-electron chi connectivity index (χ1n) is 10.5. The van der Waals surface area contributed by atoms with Crippen LogP contribution in [0.15, 0.2) is 18.5 Å². The van der Waals surface area contributed by atoms with Gasteiger partial charge in [-0.05, 0) is 31.7 Å². The first kappa shape index (κ1) is 19.6. The summed E-state index contributed by atoms with van der Waals surface area (Å²) in [7, 11) is 0. The van der Waals surface area contributed by atoms with Gasteiger partial charge in [-0.1, -0.05) is 19.3 Å². The van der Waals surface area contributed by atoms with Crippen LogP contribution >= 0.6 is 0 Å². The third-order valence-corrected chi connectivity index (χ3v) is 6.14. The second-order valence-electron chi connectivity index (χ2n) is 8.18. The Bertz CT molecular complexity index is 765. The Morgan fingerprint density at radius 2 is 1.93 bits per heavy atom. The molecule has 156 valence electrons. The zero-order valence-electron chi connectivity index (χ0n) is 16.6. The number of anilines is 1. The van der Waals surface area contributed by atoms with Gasteiger partial charge in [0, 0.05) is 44.5 Å². The Morgan fingerprint density at radius 1 is 1.17 bits per heavy atom. The fourth-order valence-electron chi connectivity index (χ4n) is 4.62. The normalized spacial score (nSPS) is 23.9. The molecule has 9 heteroatoms. The van der Waals surface area contributed by atoms with Crippen LogP contribution in [0.4, 0.5) is 10.7 Å². The highest BCUT2D eigenvalue weighted by atomic mass is 16.2. The third kappa shape index (κ3) is 4.18. The van der Waals surface area contributed by atoms with Crippen molar-refractivity contribution in [1.82, 2.24) is 25.5 Å². The van der Waals surface area contributed by atoms with Crippen molar-refractivity contribution in [2.75, 3.05) is 24.5 Å². The maximum absolute atomic E-state index is 12.8. The van der Waals surface area contributed by atoms with Crippen LogP contribution in [-0.4, -0.2) is 63.9 Å². The summed E-state index contributed by atoms with van der Waals surface area (Å²) < 4.78 is 0. The van der Waals surface area contributed by atoms with E-state index in [4.69, 9.17) is 0 Å². The van der Waals surface area contributed by atoms with Gasteiger partial charge >= 0.3 is 6.03 Å². The highest BCUT2D eigenvalue weighted by Gasteiger charge is 2.51. The van der Waals surface area contributed by atoms with E-state index < -0.39 is 5.54 Å². The van der Waals surface area contributed by atoms with E-state index in [0.717, 1.165) is 38.6 Å². The van der Waals surface area contributed by atoms with Crippen molar-refractivity contribution in [3.8, 4) is 0 Å². The number of imide groups is 1. The molecule has 4 amide bonds. The fraction of sp³-hybridized carbons (Fsp3) is 0.650. The van der Waals surface area contributed by atoms with Crippen molar-refractivity contribution in [1.29, 1.82) is 0 Å². The van der Waals surface area contributed by atoms with Gasteiger partial charge in [-0.25, -0.2) is 14.8 Å². The van der Waals surface area contributed by atoms with Crippen LogP contribution in [0.3, 0.4) is 0 Å². The SMILES string of the molecule is O=C(CCN1C(=O)NC2(CCCCC2)C1=O)NC1CCCN(c2ncccn2)C1. The van der Waals surface area contributed by atoms with Crippen LogP contribution in [0.2, 0.25) is 0 Å². The molecule has 29 heavy (non-hydrogen) atoms. The Balaban J connectivity index is 1.28. The van der Waals surface area contributed by atoms with Crippen molar-refractivity contribution in [2.24, 2.45) is 0 Å². The van der Waals surface area contributed by atoms with Crippen LogP contribution in [-0.2, 0) is 9.59 Å². The van der Waals surface area contributed by atoms with Gasteiger partial charge in [0.05, 0.1) is 0 Å². The van der Waals surface area contributed by atoms with E-state index in [9.17, 15) is 14.4 Å². The van der Waals surface area contributed by atoms with Gasteiger partial charge in [-0.15, -0.1) is 0 Å². The van der Waals surface area contributed by atoms with Crippen molar-refractivity contribution < 1.29 is 14.4 Å². The molecule has 3 aliphatic rings. The Labute approximate surface area is 170 Å². The molecule has 3 heterocycles. The molecule has 2 saturated heterocycles. The van der Waals surface area contributed by atoms with Gasteiger partial charge in [0.1, 0.15) is 5.54 Å². The summed E-state index contributed by atoms with van der Waals surface area (Å²) in [5, 5.41) is 5.92. The summed E-state index contributed by atoms with van der Waals surface area (Å²) in [5.41, 5.74) is -0.731. The fourth-order valence-corrected chi connectivity index (χ4v) is 4.62. The summed E-state index contributed by atoms with van der Waals surface area (Å²) in [5.74, 6) is 0.361. The molecule has 0 bridgehead atoms. The van der Waals surface area contributed by atoms with E-state index in [-0.39, 0.29) is 36.9 Å². The first-order valence-corrected chi connectivity index (χ1v) is 10.5. The predicted molar refractivity (Wildman–Crippen MR) is 106 cm³/mol. The number of carbonyl (C=O) groups excluding carboxylic acids is 3. The molecule has 0 aromatic carbocycles. The molecule has 1 aromatic heterocycles. The van der Waals surface area contributed by atoms with Crippen molar-refractivity contribution >= 4 is 23.8 Å². The average Bonchev–Trinajstić information content (AvgIpc) is 2.97. The number of piperidine rings is 1. The van der Waals surface area contributed by atoms with E-state index in [0.29, 0.717) is 25.3 Å². The number of nitrogens with one attached hydrogen (secondary N) is 2. The van der Waals surface area contributed by atoms with E-state index in [2.05, 4.69) is 25.5 Å². The number of carbonyl (C=O) groups is 3. The van der Waals surface area contributed by atoms with Crippen LogP contribution in [0.5, 0.6) is 0 Å². The van der Waals surface area contributed by atoms with Crippen LogP contribution in [0, 0.1) is 0 Å². The lowest BCUT2D eigenvalue weighted by Gasteiger charge is -2.33. The van der Waals surface area contributed by atoms with Gasteiger partial charge in [0.15, 0.2) is 0 Å². The number of nitrogens with zero attached hydrogens (tertiary/aromatic N) is 4. The number of rotatable bonds is 5. The van der Waals surface area contributed by atoms with Gasteiger partial charge < -0.3 is 15.5 Å². The third-order valence-electron chi connectivity index (χ3n) is 6.14. The minimum atomic E-state index is -0.731. The maximum atomic E-state index is 12.8. The number of hydrogen-bond acceptors (Lipinski definition) is 6. The van der Waals surface area contributed by atoms with Crippen molar-refractivity contribution in [3.05, 3.63) is 18.5 Å². The lowest BCUT2D eigenvalue weighted by Crippen LogP contribution is -2.49. The second kappa shape index (κ2) is 8.34. The smallest absolute Gasteiger partial charge is 0.325 e. The first-order chi connectivity index (χ1) is 14.1. The number of hydrogen-bond donors (Lipinski definition) is 2. The maximum Gasteiger partial charge on any atom is 0.325 e. The zero-order valence-corrected chi connectivity index (χ0v) is 16.6. The standard InChI is InChI=1S/C20H28N6O3/c27-16(23-15-6-4-12-25(14-15)18-21-10-5-11-22-18)7-13-26-17(28)20(24-19(26)29)8-2-1-3-9-20/h5,10-11,15H,1-4,6-9,12-14H2,(H,23,27)(H,24,29). The van der Waals surface area contributed by atoms with Gasteiger partial charge in [0.25, 0.3) is 5.91 Å². The molecule has 1 unspecified atom stereocenters. The summed E-state index contributed by atoms with van der Waals surface area (Å²) in [6, 6.07) is 1.42. The Morgan fingerprint density at radius 3 is 2.69 bits per heavy atom. The molecule has 3 fully saturated rings. The molecule has 2 N–H and O–H groups in total. The molecule has 2 aliphatic heterocycles. The number of amides is 4. The summed E-state index contributed by atoms with van der Waals surface area (Å²) >= 11 is 0. The highest BCUT2D eigenvalue weighted by molar-refractivity contribution is 6.07. The summed E-state index contributed by atoms with van der Waals surface area (Å²) in [6.07, 6.45) is 9.75. The molecule has 1 saturated carbocycles. The van der Waals surface area contributed by atoms with Crippen LogP contribution in [0.1, 0.15) is 51.4 Å². The molecule has 1 aliphatic carbocycles. The Hall–Kier alpha value is -2.71. The number of urea groups is 1. The quantitative estimate of drug-likeness (QED) is 0.720. The molecule has 4 rings (SSSR count). The van der Waals surface area contributed by atoms with Crippen LogP contribution in [0.25, 0.3) is 0 Å². The summed E-state index contributed by atoms with van der Waals surface area (Å²) in [4.78, 5) is 49.4. The molecule has 9 nitrogen and oxygen atoms in total. The lowest BCUT2D eigenvalue weighted by atomic mass is 9.82. The zero-order chi connectivity index (χ0) is 20.3. The van der Waals surface area contributed by atoms with E-state index in [1.807, 2.05) is 0 Å². The van der Waals surface area contributed by atoms with Gasteiger partial charge in [-0.2, -0.15) is 0 Å². The van der Waals surface area contributed by atoms with Gasteiger partial charge in [-0.3, -0.25) is 14.5 Å². The second-order valence-corrected chi connectivity index (χ2v) is 8.18. The highest BCUT2D eigenvalue weighted by Crippen LogP contribution is 2.33. The van der Waals surface area contributed by atoms with E-state index in [1.165, 1.54) is 4.90 Å². The minimum absolute atomic E-state index is 0.00727. The molecule has 0 radical (unpaired) electrons. The van der Waals surface area contributed by atoms with Crippen molar-refractivity contribution in [2.45, 2.75) is 62.9 Å². The van der Waals surface area contributed by atoms with E-state index >= 15 is 0 Å². The van der Waals surface area contributed by atoms with Crippen LogP contribution < -0.4 is 15.5 Å². The minimum Gasteiger partial charge on any atom is -0.352 e. The predicted octanol–water partition coefficient (Wildman–Crippen LogP) is 1.21. The molecule has 1 spiro atoms. The number of aromatic nitrogens is 2. The molecule has 1 atom stereocenters. The van der Waals surface area contributed by atoms with E-state index in [1.54, 1.807) is 18.5 Å². The molecule has 1 aromatic rings. The Kier molecular flexibility index (Phi) is 5.64. The molecular weight excluding hydrogens is 372 g/mol. The lowest BCUT2D eigenvalue weighted by molar-refractivity contribution is -0.132.